The molecule has 4 nitrogen and oxygen atoms in total. The van der Waals surface area contributed by atoms with Crippen molar-refractivity contribution in [2.75, 3.05) is 19.3 Å². The first-order valence-electron chi connectivity index (χ1n) is 7.21. The summed E-state index contributed by atoms with van der Waals surface area (Å²) in [6.45, 7) is 5.75. The number of hydrogen-bond donors (Lipinski definition) is 1. The molecule has 0 bridgehead atoms. The van der Waals surface area contributed by atoms with Crippen molar-refractivity contribution in [1.82, 2.24) is 9.62 Å². The highest BCUT2D eigenvalue weighted by atomic mass is 32.2. The van der Waals surface area contributed by atoms with E-state index in [4.69, 9.17) is 0 Å². The third kappa shape index (κ3) is 4.25. The number of aryl methyl sites for hydroxylation is 1. The third-order valence-corrected chi connectivity index (χ3v) is 5.47. The van der Waals surface area contributed by atoms with Crippen molar-refractivity contribution in [3.63, 3.8) is 0 Å². The molecule has 0 aliphatic carbocycles. The van der Waals surface area contributed by atoms with Crippen molar-refractivity contribution in [1.29, 1.82) is 0 Å². The van der Waals surface area contributed by atoms with Crippen molar-refractivity contribution in [3.8, 4) is 0 Å². The van der Waals surface area contributed by atoms with E-state index < -0.39 is 10.0 Å². The second kappa shape index (κ2) is 6.42. The van der Waals surface area contributed by atoms with Crippen LogP contribution in [0, 0.1) is 18.7 Å². The van der Waals surface area contributed by atoms with Crippen LogP contribution in [0.1, 0.15) is 24.5 Å². The van der Waals surface area contributed by atoms with Crippen LogP contribution >= 0.6 is 0 Å². The van der Waals surface area contributed by atoms with E-state index in [0.29, 0.717) is 19.6 Å². The molecule has 21 heavy (non-hydrogen) atoms. The largest absolute Gasteiger partial charge is 0.310 e. The summed E-state index contributed by atoms with van der Waals surface area (Å²) in [4.78, 5) is 0. The molecule has 1 aromatic carbocycles. The van der Waals surface area contributed by atoms with Gasteiger partial charge in [0, 0.05) is 25.7 Å². The van der Waals surface area contributed by atoms with Gasteiger partial charge in [0.05, 0.1) is 6.26 Å². The predicted octanol–water partition coefficient (Wildman–Crippen LogP) is 1.89. The first-order chi connectivity index (χ1) is 9.77. The number of benzene rings is 1. The molecule has 1 fully saturated rings. The Labute approximate surface area is 126 Å². The van der Waals surface area contributed by atoms with Gasteiger partial charge in [0.2, 0.25) is 10.0 Å². The van der Waals surface area contributed by atoms with Crippen LogP contribution in [-0.2, 0) is 16.6 Å². The highest BCUT2D eigenvalue weighted by Crippen LogP contribution is 2.20. The summed E-state index contributed by atoms with van der Waals surface area (Å²) >= 11 is 0. The number of hydrogen-bond acceptors (Lipinski definition) is 3. The zero-order chi connectivity index (χ0) is 15.6. The number of nitrogens with one attached hydrogen (secondary N) is 1. The molecule has 0 radical (unpaired) electrons. The van der Waals surface area contributed by atoms with Gasteiger partial charge in [0.25, 0.3) is 0 Å². The second-order valence-corrected chi connectivity index (χ2v) is 7.93. The van der Waals surface area contributed by atoms with Gasteiger partial charge in [0.15, 0.2) is 0 Å². The van der Waals surface area contributed by atoms with Crippen molar-refractivity contribution in [2.24, 2.45) is 5.92 Å². The first-order valence-corrected chi connectivity index (χ1v) is 9.05. The molecule has 118 valence electrons. The Hall–Kier alpha value is -0.980. The maximum absolute atomic E-state index is 13.1. The van der Waals surface area contributed by atoms with E-state index >= 15 is 0 Å². The van der Waals surface area contributed by atoms with Gasteiger partial charge >= 0.3 is 0 Å². The summed E-state index contributed by atoms with van der Waals surface area (Å²) in [6.07, 6.45) is 2.06. The Morgan fingerprint density at radius 1 is 1.43 bits per heavy atom. The van der Waals surface area contributed by atoms with Gasteiger partial charge in [-0.3, -0.25) is 0 Å². The number of halogens is 1. The maximum atomic E-state index is 13.1. The van der Waals surface area contributed by atoms with E-state index in [0.717, 1.165) is 17.5 Å². The van der Waals surface area contributed by atoms with E-state index in [1.807, 2.05) is 6.92 Å². The second-order valence-electron chi connectivity index (χ2n) is 5.95. The zero-order valence-electron chi connectivity index (χ0n) is 12.8. The van der Waals surface area contributed by atoms with Gasteiger partial charge in [-0.15, -0.1) is 0 Å². The molecule has 0 aromatic heterocycles. The molecule has 2 rings (SSSR count). The SMILES string of the molecule is Cc1cc(F)ccc1CN[C@@H]1CCN(S(C)(=O)=O)C[C@H]1C. The number of sulfonamides is 1. The van der Waals surface area contributed by atoms with E-state index in [-0.39, 0.29) is 17.8 Å². The predicted molar refractivity (Wildman–Crippen MR) is 82.0 cm³/mol. The van der Waals surface area contributed by atoms with Gasteiger partial charge < -0.3 is 5.32 Å². The maximum Gasteiger partial charge on any atom is 0.211 e. The Morgan fingerprint density at radius 3 is 2.71 bits per heavy atom. The summed E-state index contributed by atoms with van der Waals surface area (Å²) in [6, 6.07) is 5.09. The Kier molecular flexibility index (Phi) is 5.01. The molecule has 1 aromatic rings. The van der Waals surface area contributed by atoms with Crippen molar-refractivity contribution < 1.29 is 12.8 Å². The molecule has 0 saturated carbocycles. The highest BCUT2D eigenvalue weighted by molar-refractivity contribution is 7.88. The third-order valence-electron chi connectivity index (χ3n) is 4.20. The zero-order valence-corrected chi connectivity index (χ0v) is 13.6. The minimum atomic E-state index is -3.10. The topological polar surface area (TPSA) is 49.4 Å². The molecule has 0 unspecified atom stereocenters. The van der Waals surface area contributed by atoms with E-state index in [1.165, 1.54) is 18.4 Å². The number of nitrogens with zero attached hydrogens (tertiary/aromatic N) is 1. The Morgan fingerprint density at radius 2 is 2.14 bits per heavy atom. The normalized spacial score (nSPS) is 24.2. The fourth-order valence-corrected chi connectivity index (χ4v) is 3.75. The lowest BCUT2D eigenvalue weighted by atomic mass is 9.95. The van der Waals surface area contributed by atoms with Gasteiger partial charge in [-0.05, 0) is 42.5 Å². The standard InChI is InChI=1S/C15H23FN2O2S/c1-11-8-14(16)5-4-13(11)9-17-15-6-7-18(10-12(15)2)21(3,19)20/h4-5,8,12,15,17H,6-7,9-10H2,1-3H3/t12-,15-/m1/s1. The molecule has 1 aliphatic heterocycles. The van der Waals surface area contributed by atoms with Crippen LogP contribution in [0.2, 0.25) is 0 Å². The first kappa shape index (κ1) is 16.4. The number of rotatable bonds is 4. The Balaban J connectivity index is 1.93. The van der Waals surface area contributed by atoms with Gasteiger partial charge in [-0.25, -0.2) is 17.1 Å². The highest BCUT2D eigenvalue weighted by Gasteiger charge is 2.30. The minimum absolute atomic E-state index is 0.217. The summed E-state index contributed by atoms with van der Waals surface area (Å²) in [7, 11) is -3.10. The average Bonchev–Trinajstić information content (AvgIpc) is 2.38. The Bertz CT molecular complexity index is 604. The van der Waals surface area contributed by atoms with Crippen LogP contribution in [0.3, 0.4) is 0 Å². The molecule has 0 spiro atoms. The molecule has 2 atom stereocenters. The molecular weight excluding hydrogens is 291 g/mol. The minimum Gasteiger partial charge on any atom is -0.310 e. The fourth-order valence-electron chi connectivity index (χ4n) is 2.81. The van der Waals surface area contributed by atoms with Crippen LogP contribution in [0.25, 0.3) is 0 Å². The summed E-state index contributed by atoms with van der Waals surface area (Å²) in [5, 5.41) is 3.48. The van der Waals surface area contributed by atoms with Crippen LogP contribution in [-0.4, -0.2) is 38.1 Å². The van der Waals surface area contributed by atoms with Gasteiger partial charge in [-0.1, -0.05) is 13.0 Å². The number of piperidine rings is 1. The van der Waals surface area contributed by atoms with Crippen LogP contribution in [0.15, 0.2) is 18.2 Å². The lowest BCUT2D eigenvalue weighted by Crippen LogP contribution is -2.49. The molecule has 1 heterocycles. The van der Waals surface area contributed by atoms with Crippen molar-refractivity contribution >= 4 is 10.0 Å². The molecular formula is C15H23FN2O2S. The lowest BCUT2D eigenvalue weighted by molar-refractivity contribution is 0.220. The molecule has 0 amide bonds. The summed E-state index contributed by atoms with van der Waals surface area (Å²) < 4.78 is 37.7. The van der Waals surface area contributed by atoms with Crippen LogP contribution in [0.4, 0.5) is 4.39 Å². The average molecular weight is 314 g/mol. The van der Waals surface area contributed by atoms with E-state index in [1.54, 1.807) is 10.4 Å². The van der Waals surface area contributed by atoms with Crippen LogP contribution in [0.5, 0.6) is 0 Å². The van der Waals surface area contributed by atoms with Crippen molar-refractivity contribution in [2.45, 2.75) is 32.9 Å². The van der Waals surface area contributed by atoms with Gasteiger partial charge in [0.1, 0.15) is 5.82 Å². The fraction of sp³-hybridized carbons (Fsp3) is 0.600. The molecule has 1 aliphatic rings. The monoisotopic (exact) mass is 314 g/mol. The molecule has 6 heteroatoms. The molecule has 1 saturated heterocycles. The summed E-state index contributed by atoms with van der Waals surface area (Å²) in [5.41, 5.74) is 2.01. The van der Waals surface area contributed by atoms with E-state index in [9.17, 15) is 12.8 Å². The van der Waals surface area contributed by atoms with E-state index in [2.05, 4.69) is 12.2 Å². The summed E-state index contributed by atoms with van der Waals surface area (Å²) in [5.74, 6) is 0.0420. The quantitative estimate of drug-likeness (QED) is 0.923. The van der Waals surface area contributed by atoms with Gasteiger partial charge in [-0.2, -0.15) is 0 Å². The molecule has 1 N–H and O–H groups in total. The lowest BCUT2D eigenvalue weighted by Gasteiger charge is -2.36. The van der Waals surface area contributed by atoms with Crippen LogP contribution < -0.4 is 5.32 Å². The van der Waals surface area contributed by atoms with Crippen molar-refractivity contribution in [3.05, 3.63) is 35.1 Å². The smallest absolute Gasteiger partial charge is 0.211 e.